The molecule has 0 N–H and O–H groups in total. The van der Waals surface area contributed by atoms with Crippen LogP contribution in [0, 0.1) is 0 Å². The van der Waals surface area contributed by atoms with Gasteiger partial charge in [-0.2, -0.15) is 0 Å². The maximum Gasteiger partial charge on any atom is 0.144 e. The zero-order valence-electron chi connectivity index (χ0n) is 80.4. The smallest absolute Gasteiger partial charge is 0.144 e. The highest BCUT2D eigenvalue weighted by Gasteiger charge is 2.55. The summed E-state index contributed by atoms with van der Waals surface area (Å²) in [6.45, 7) is 29.3. The summed E-state index contributed by atoms with van der Waals surface area (Å²) in [6, 6.07) is 85.9. The second kappa shape index (κ2) is 35.6. The Bertz CT molecular complexity index is 6510. The van der Waals surface area contributed by atoms with E-state index in [1.807, 2.05) is 0 Å². The van der Waals surface area contributed by atoms with E-state index in [2.05, 4.69) is 300 Å². The normalized spacial score (nSPS) is 15.7. The molecule has 0 saturated carbocycles. The third-order valence-corrected chi connectivity index (χ3v) is 33.5. The van der Waals surface area contributed by atoms with Crippen LogP contribution in [0.25, 0.3) is 122 Å². The summed E-state index contributed by atoms with van der Waals surface area (Å²) in [6.07, 6.45) is 45.0. The summed E-state index contributed by atoms with van der Waals surface area (Å²) in [7, 11) is 0. The van der Waals surface area contributed by atoms with E-state index in [-0.39, 0.29) is 32.5 Å². The third-order valence-electron chi connectivity index (χ3n) is 33.5. The van der Waals surface area contributed by atoms with Crippen molar-refractivity contribution in [2.75, 3.05) is 4.90 Å². The van der Waals surface area contributed by atoms with Gasteiger partial charge in [-0.25, -0.2) is 0 Å². The molecule has 0 saturated heterocycles. The van der Waals surface area contributed by atoms with E-state index in [4.69, 9.17) is 8.83 Å². The summed E-state index contributed by atoms with van der Waals surface area (Å²) in [4.78, 5) is 2.75. The van der Waals surface area contributed by atoms with Gasteiger partial charge < -0.3 is 13.7 Å². The minimum absolute atomic E-state index is 0.00861. The van der Waals surface area contributed by atoms with Crippen LogP contribution in [-0.4, -0.2) is 0 Å². The molecule has 0 fully saturated rings. The molecule has 0 bridgehead atoms. The van der Waals surface area contributed by atoms with Crippen LogP contribution in [0.3, 0.4) is 0 Å². The van der Waals surface area contributed by atoms with Crippen molar-refractivity contribution >= 4 is 60.9 Å². The highest BCUT2D eigenvalue weighted by atomic mass is 16.3. The van der Waals surface area contributed by atoms with E-state index in [1.54, 1.807) is 27.8 Å². The van der Waals surface area contributed by atoms with E-state index < -0.39 is 0 Å². The lowest BCUT2D eigenvalue weighted by molar-refractivity contribution is 0.369. The molecular formula is C126H143NO2. The average molecular weight is 1700 g/mol. The Labute approximate surface area is 773 Å². The van der Waals surface area contributed by atoms with Crippen LogP contribution in [0.4, 0.5) is 17.1 Å². The van der Waals surface area contributed by atoms with Gasteiger partial charge in [-0.3, -0.25) is 0 Å². The Morgan fingerprint density at radius 3 is 1.09 bits per heavy atom. The van der Waals surface area contributed by atoms with Gasteiger partial charge in [0.05, 0.1) is 0 Å². The molecule has 6 aliphatic rings. The van der Waals surface area contributed by atoms with Gasteiger partial charge in [-0.15, -0.1) is 0 Å². The summed E-state index contributed by atoms with van der Waals surface area (Å²) in [5, 5.41) is 5.03. The van der Waals surface area contributed by atoms with Gasteiger partial charge in [0.2, 0.25) is 0 Å². The third kappa shape index (κ3) is 14.4. The largest absolute Gasteiger partial charge is 0.456 e. The van der Waals surface area contributed by atoms with Crippen molar-refractivity contribution in [2.45, 2.75) is 347 Å². The number of benzene rings is 12. The molecule has 0 amide bonds. The van der Waals surface area contributed by atoms with Crippen molar-refractivity contribution in [3.63, 3.8) is 0 Å². The van der Waals surface area contributed by atoms with E-state index in [9.17, 15) is 0 Å². The highest BCUT2D eigenvalue weighted by molar-refractivity contribution is 6.21. The van der Waals surface area contributed by atoms with Crippen molar-refractivity contribution in [3.8, 4) is 77.9 Å². The predicted molar refractivity (Wildman–Crippen MR) is 553 cm³/mol. The van der Waals surface area contributed by atoms with Crippen molar-refractivity contribution in [3.05, 3.63) is 279 Å². The molecule has 129 heavy (non-hydrogen) atoms. The molecule has 3 nitrogen and oxygen atoms in total. The Kier molecular flexibility index (Phi) is 24.0. The van der Waals surface area contributed by atoms with Crippen molar-refractivity contribution in [1.82, 2.24) is 0 Å². The van der Waals surface area contributed by atoms with Crippen LogP contribution >= 0.6 is 0 Å². The van der Waals surface area contributed by atoms with E-state index >= 15 is 0 Å². The van der Waals surface area contributed by atoms with E-state index in [0.29, 0.717) is 0 Å². The molecular weight excluding hydrogens is 1560 g/mol. The van der Waals surface area contributed by atoms with Gasteiger partial charge in [0.15, 0.2) is 0 Å². The van der Waals surface area contributed by atoms with Crippen LogP contribution < -0.4 is 4.90 Å². The van der Waals surface area contributed by atoms with Crippen LogP contribution in [-0.2, 0) is 32.5 Å². The fourth-order valence-corrected chi connectivity index (χ4v) is 26.8. The topological polar surface area (TPSA) is 29.5 Å². The van der Waals surface area contributed by atoms with Crippen molar-refractivity contribution in [2.24, 2.45) is 0 Å². The molecule has 2 heterocycles. The molecule has 12 aromatic carbocycles. The molecule has 2 aromatic heterocycles. The van der Waals surface area contributed by atoms with Gasteiger partial charge in [0.1, 0.15) is 22.3 Å². The van der Waals surface area contributed by atoms with Crippen molar-refractivity contribution in [1.29, 1.82) is 0 Å². The van der Waals surface area contributed by atoms with Gasteiger partial charge in [-0.05, 0) is 256 Å². The quantitative estimate of drug-likeness (QED) is 0.0359. The van der Waals surface area contributed by atoms with Gasteiger partial charge in [0.25, 0.3) is 0 Å². The summed E-state index contributed by atoms with van der Waals surface area (Å²) in [5.74, 6) is 0. The number of furan rings is 2. The van der Waals surface area contributed by atoms with Gasteiger partial charge in [0, 0.05) is 76.7 Å². The van der Waals surface area contributed by atoms with Gasteiger partial charge >= 0.3 is 0 Å². The van der Waals surface area contributed by atoms with Crippen LogP contribution in [0.15, 0.2) is 221 Å². The monoisotopic (exact) mass is 1700 g/mol. The van der Waals surface area contributed by atoms with Crippen molar-refractivity contribution < 1.29 is 8.83 Å². The number of hydrogen-bond acceptors (Lipinski definition) is 3. The lowest BCUT2D eigenvalue weighted by Crippen LogP contribution is -2.33. The maximum atomic E-state index is 7.80. The first-order chi connectivity index (χ1) is 63.0. The molecule has 0 spiro atoms. The maximum absolute atomic E-state index is 7.80. The zero-order chi connectivity index (χ0) is 88.6. The minimum atomic E-state index is -0.342. The first-order valence-corrected chi connectivity index (χ1v) is 51.9. The number of rotatable bonds is 40. The molecule has 0 radical (unpaired) electrons. The zero-order valence-corrected chi connectivity index (χ0v) is 80.4. The lowest BCUT2D eigenvalue weighted by Gasteiger charge is -2.40. The Morgan fingerprint density at radius 2 is 0.566 bits per heavy atom. The number of para-hydroxylation sites is 2. The SMILES string of the molecule is CCCCCCCC1(CCCCCCC)c2ccccc2-c2ccc(-c3ccc4c(c3)C(C)(C)c3cc(N(c5ccc6c(c5)C(C)(C)c5cc7c(cc5-6)C(C)(C)c5ccc6oc8ccccc8c6c5-7)c5ccc6c(c5)C(CCCCCCC)(CCCCCCC)c5c7c(c8c(oc9ccccc98)c5-6)-c5ccccc5C7(CCCCCCC)CCCCCCC)ccc3-4)cc21. The van der Waals surface area contributed by atoms with Gasteiger partial charge in [-0.1, -0.05) is 409 Å². The summed E-state index contributed by atoms with van der Waals surface area (Å²) in [5.41, 5.74) is 43.6. The second-order valence-corrected chi connectivity index (χ2v) is 42.4. The summed E-state index contributed by atoms with van der Waals surface area (Å²) < 4.78 is 14.5. The number of fused-ring (bicyclic) bond motifs is 28. The lowest BCUT2D eigenvalue weighted by atomic mass is 9.62. The standard InChI is InChI=1S/C126H143NO2/c1-13-19-25-31-45-71-124(72-46-32-26-20-14-2)100-55-41-37-51-89(100)92-65-60-85(78-108(92)124)84-59-64-90-91-66-61-86(79-104(91)122(9,10)103(90)77-84)127(87-62-67-93-98-82-107-99(83-106(98)123(11,12)105(93)80-87)113-102(121(107,7)8)69-70-112-114(113)96-53-39-43-57-110(96)128-112)88-63-68-95-109(81-88)126(75-49-35-29-23-17-5,76-50-36-30-24-18-6)119-117(95)120-116(97-54-40-44-58-111(97)129-120)115-94-52-38-42-56-101(94)125(118(115)119,73-47-33-27-21-15-3)74-48-34-28-22-16-4/h37-44,51-70,77-83H,13-36,45-50,71-76H2,1-12H3. The Hall–Kier alpha value is -9.96. The average Bonchev–Trinajstić information content (AvgIpc) is 1.49. The first-order valence-electron chi connectivity index (χ1n) is 51.9. The molecule has 0 atom stereocenters. The highest BCUT2D eigenvalue weighted by Crippen LogP contribution is 2.69. The molecule has 20 rings (SSSR count). The molecule has 664 valence electrons. The Morgan fingerprint density at radius 1 is 0.225 bits per heavy atom. The molecule has 0 unspecified atom stereocenters. The fourth-order valence-electron chi connectivity index (χ4n) is 26.8. The van der Waals surface area contributed by atoms with Crippen LogP contribution in [0.2, 0.25) is 0 Å². The first kappa shape index (κ1) is 87.0. The number of hydrogen-bond donors (Lipinski definition) is 0. The minimum Gasteiger partial charge on any atom is -0.456 e. The van der Waals surface area contributed by atoms with Crippen LogP contribution in [0.5, 0.6) is 0 Å². The molecule has 14 aromatic rings. The number of anilines is 3. The molecule has 0 aliphatic heterocycles. The van der Waals surface area contributed by atoms with Crippen LogP contribution in [0.1, 0.15) is 381 Å². The fraction of sp³-hybridized carbons (Fsp3) is 0.429. The molecule has 3 heteroatoms. The van der Waals surface area contributed by atoms with E-state index in [1.165, 1.54) is 374 Å². The number of nitrogens with zero attached hydrogens (tertiary/aromatic N) is 1. The van der Waals surface area contributed by atoms with E-state index in [0.717, 1.165) is 35.2 Å². The second-order valence-electron chi connectivity index (χ2n) is 42.4. The predicted octanol–water partition coefficient (Wildman–Crippen LogP) is 38.5. The molecule has 6 aliphatic carbocycles. The number of unbranched alkanes of at least 4 members (excludes halogenated alkanes) is 24. The Balaban J connectivity index is 0.779. The summed E-state index contributed by atoms with van der Waals surface area (Å²) >= 11 is 0.